The van der Waals surface area contributed by atoms with E-state index < -0.39 is 0 Å². The van der Waals surface area contributed by atoms with E-state index in [0.29, 0.717) is 18.1 Å². The van der Waals surface area contributed by atoms with Crippen molar-refractivity contribution in [1.82, 2.24) is 4.90 Å². The molecule has 0 radical (unpaired) electrons. The van der Waals surface area contributed by atoms with Gasteiger partial charge in [0.15, 0.2) is 0 Å². The van der Waals surface area contributed by atoms with Crippen molar-refractivity contribution in [3.8, 4) is 0 Å². The molecule has 1 aromatic rings. The summed E-state index contributed by atoms with van der Waals surface area (Å²) < 4.78 is 0. The lowest BCUT2D eigenvalue weighted by Crippen LogP contribution is -2.41. The average molecular weight is 281 g/mol. The minimum absolute atomic E-state index is 0.0993. The first kappa shape index (κ1) is 12.9. The lowest BCUT2D eigenvalue weighted by atomic mass is 10.2. The molecule has 2 saturated heterocycles. The van der Waals surface area contributed by atoms with Crippen LogP contribution in [0.3, 0.4) is 0 Å². The Kier molecular flexibility index (Phi) is 3.48. The van der Waals surface area contributed by atoms with Crippen molar-refractivity contribution in [2.75, 3.05) is 24.5 Å². The van der Waals surface area contributed by atoms with Crippen LogP contribution < -0.4 is 4.90 Å². The Balaban J connectivity index is 1.77. The first-order valence-electron chi connectivity index (χ1n) is 6.65. The summed E-state index contributed by atoms with van der Waals surface area (Å²) in [7, 11) is 0. The molecule has 0 aliphatic carbocycles. The summed E-state index contributed by atoms with van der Waals surface area (Å²) in [6.45, 7) is 2.10. The van der Waals surface area contributed by atoms with Crippen molar-refractivity contribution < 1.29 is 9.90 Å². The molecule has 2 fully saturated rings. The number of aliphatic hydroxyl groups is 1. The van der Waals surface area contributed by atoms with Crippen molar-refractivity contribution in [2.24, 2.45) is 0 Å². The summed E-state index contributed by atoms with van der Waals surface area (Å²) in [6, 6.07) is 7.33. The Morgan fingerprint density at radius 2 is 2.00 bits per heavy atom. The fraction of sp³-hybridized carbons (Fsp3) is 0.500. The summed E-state index contributed by atoms with van der Waals surface area (Å²) in [6.07, 6.45) is 1.27. The third-order valence-electron chi connectivity index (χ3n) is 3.96. The number of nitrogens with zero attached hydrogens (tertiary/aromatic N) is 2. The summed E-state index contributed by atoms with van der Waals surface area (Å²) >= 11 is 6.15. The second kappa shape index (κ2) is 5.12. The van der Waals surface area contributed by atoms with Gasteiger partial charge in [0.05, 0.1) is 22.9 Å². The fourth-order valence-electron chi connectivity index (χ4n) is 2.96. The number of rotatable bonds is 2. The highest BCUT2D eigenvalue weighted by Gasteiger charge is 2.39. The van der Waals surface area contributed by atoms with Gasteiger partial charge in [-0.2, -0.15) is 0 Å². The molecule has 5 heteroatoms. The molecule has 19 heavy (non-hydrogen) atoms. The maximum Gasteiger partial charge on any atom is 0.244 e. The summed E-state index contributed by atoms with van der Waals surface area (Å²) in [5.74, 6) is 0.0993. The molecule has 2 atom stereocenters. The minimum Gasteiger partial charge on any atom is -0.392 e. The molecule has 0 bridgehead atoms. The predicted molar refractivity (Wildman–Crippen MR) is 74.4 cm³/mol. The smallest absolute Gasteiger partial charge is 0.244 e. The van der Waals surface area contributed by atoms with Crippen molar-refractivity contribution >= 4 is 23.2 Å². The molecular formula is C14H17ClN2O2. The zero-order valence-corrected chi connectivity index (χ0v) is 11.4. The van der Waals surface area contributed by atoms with Crippen LogP contribution in [-0.2, 0) is 4.79 Å². The van der Waals surface area contributed by atoms with E-state index in [2.05, 4.69) is 4.90 Å². The fourth-order valence-corrected chi connectivity index (χ4v) is 3.20. The van der Waals surface area contributed by atoms with Crippen molar-refractivity contribution in [1.29, 1.82) is 0 Å². The molecule has 2 heterocycles. The molecule has 102 valence electrons. The molecule has 0 saturated carbocycles. The average Bonchev–Trinajstić information content (AvgIpc) is 2.97. The van der Waals surface area contributed by atoms with Crippen molar-refractivity contribution in [2.45, 2.75) is 25.0 Å². The maximum atomic E-state index is 12.5. The van der Waals surface area contributed by atoms with Crippen LogP contribution in [0.15, 0.2) is 24.3 Å². The summed E-state index contributed by atoms with van der Waals surface area (Å²) in [5, 5.41) is 10.2. The number of β-amino-alcohol motifs (C(OH)–C–C–N with tert-alkyl or cyclic N) is 1. The van der Waals surface area contributed by atoms with Gasteiger partial charge in [0.1, 0.15) is 0 Å². The Morgan fingerprint density at radius 1 is 1.21 bits per heavy atom. The van der Waals surface area contributed by atoms with Crippen LogP contribution in [0.5, 0.6) is 0 Å². The third-order valence-corrected chi connectivity index (χ3v) is 4.28. The molecule has 4 nitrogen and oxygen atoms in total. The Hall–Kier alpha value is -1.10. The lowest BCUT2D eigenvalue weighted by molar-refractivity contribution is -0.121. The number of halogens is 1. The van der Waals surface area contributed by atoms with Crippen molar-refractivity contribution in [3.63, 3.8) is 0 Å². The van der Waals surface area contributed by atoms with Crippen LogP contribution in [0, 0.1) is 0 Å². The van der Waals surface area contributed by atoms with Crippen LogP contribution >= 0.6 is 11.6 Å². The van der Waals surface area contributed by atoms with Gasteiger partial charge in [-0.15, -0.1) is 0 Å². The van der Waals surface area contributed by atoms with Gasteiger partial charge in [0.2, 0.25) is 5.91 Å². The Bertz CT molecular complexity index is 494. The molecule has 3 rings (SSSR count). The Morgan fingerprint density at radius 3 is 2.68 bits per heavy atom. The highest BCUT2D eigenvalue weighted by Crippen LogP contribution is 2.31. The van der Waals surface area contributed by atoms with Gasteiger partial charge in [-0.05, 0) is 25.0 Å². The zero-order chi connectivity index (χ0) is 13.4. The zero-order valence-electron chi connectivity index (χ0n) is 10.6. The van der Waals surface area contributed by atoms with Gasteiger partial charge in [-0.25, -0.2) is 0 Å². The van der Waals surface area contributed by atoms with E-state index >= 15 is 0 Å². The van der Waals surface area contributed by atoms with Crippen LogP contribution in [0.2, 0.25) is 5.02 Å². The van der Waals surface area contributed by atoms with E-state index in [1.54, 1.807) is 11.0 Å². The third kappa shape index (κ3) is 2.36. The molecule has 1 unspecified atom stereocenters. The maximum absolute atomic E-state index is 12.5. The van der Waals surface area contributed by atoms with Gasteiger partial charge in [0, 0.05) is 19.6 Å². The number of carbonyl (C=O) groups is 1. The Labute approximate surface area is 117 Å². The lowest BCUT2D eigenvalue weighted by Gasteiger charge is -2.23. The quantitative estimate of drug-likeness (QED) is 0.893. The number of hydrogen-bond donors (Lipinski definition) is 1. The first-order valence-corrected chi connectivity index (χ1v) is 7.02. The summed E-state index contributed by atoms with van der Waals surface area (Å²) in [4.78, 5) is 16.3. The normalized spacial score (nSPS) is 28.3. The molecule has 1 aromatic carbocycles. The van der Waals surface area contributed by atoms with Crippen LogP contribution in [0.25, 0.3) is 0 Å². The number of likely N-dealkylation sites (tertiary alicyclic amines) is 1. The standard InChI is InChI=1S/C14H17ClN2O2/c15-11-3-1-2-4-12(11)17-8-6-13(14(17)19)16-7-5-10(18)9-16/h1-4,10,13,18H,5-9H2/t10-,13?/m0/s1. The number of para-hydroxylation sites is 1. The van der Waals surface area contributed by atoms with E-state index in [0.717, 1.165) is 25.1 Å². The molecule has 0 spiro atoms. The van der Waals surface area contributed by atoms with E-state index in [-0.39, 0.29) is 18.1 Å². The monoisotopic (exact) mass is 280 g/mol. The molecule has 1 amide bonds. The topological polar surface area (TPSA) is 43.8 Å². The van der Waals surface area contributed by atoms with Gasteiger partial charge in [-0.1, -0.05) is 23.7 Å². The first-order chi connectivity index (χ1) is 9.16. The van der Waals surface area contributed by atoms with Crippen LogP contribution in [0.4, 0.5) is 5.69 Å². The number of aliphatic hydroxyl groups excluding tert-OH is 1. The number of anilines is 1. The highest BCUT2D eigenvalue weighted by molar-refractivity contribution is 6.33. The second-order valence-electron chi connectivity index (χ2n) is 5.18. The summed E-state index contributed by atoms with van der Waals surface area (Å²) in [5.41, 5.74) is 0.788. The minimum atomic E-state index is -0.290. The van der Waals surface area contributed by atoms with E-state index in [1.165, 1.54) is 0 Å². The van der Waals surface area contributed by atoms with E-state index in [9.17, 15) is 9.90 Å². The number of benzene rings is 1. The molecule has 2 aliphatic rings. The van der Waals surface area contributed by atoms with E-state index in [4.69, 9.17) is 11.6 Å². The van der Waals surface area contributed by atoms with Gasteiger partial charge in [-0.3, -0.25) is 9.69 Å². The largest absolute Gasteiger partial charge is 0.392 e. The van der Waals surface area contributed by atoms with Crippen LogP contribution in [-0.4, -0.2) is 47.7 Å². The number of amides is 1. The predicted octanol–water partition coefficient (Wildman–Crippen LogP) is 1.51. The highest BCUT2D eigenvalue weighted by atomic mass is 35.5. The van der Waals surface area contributed by atoms with Crippen LogP contribution in [0.1, 0.15) is 12.8 Å². The molecular weight excluding hydrogens is 264 g/mol. The van der Waals surface area contributed by atoms with Crippen molar-refractivity contribution in [3.05, 3.63) is 29.3 Å². The van der Waals surface area contributed by atoms with Gasteiger partial charge < -0.3 is 10.0 Å². The molecule has 2 aliphatic heterocycles. The number of hydrogen-bond acceptors (Lipinski definition) is 3. The van der Waals surface area contributed by atoms with Gasteiger partial charge >= 0.3 is 0 Å². The number of carbonyl (C=O) groups excluding carboxylic acids is 1. The molecule has 1 N–H and O–H groups in total. The second-order valence-corrected chi connectivity index (χ2v) is 5.59. The molecule has 0 aromatic heterocycles. The van der Waals surface area contributed by atoms with E-state index in [1.807, 2.05) is 18.2 Å². The van der Waals surface area contributed by atoms with Gasteiger partial charge in [0.25, 0.3) is 0 Å². The SMILES string of the molecule is O=C1C(N2CC[C@H](O)C2)CCN1c1ccccc1Cl.